The van der Waals surface area contributed by atoms with E-state index in [4.69, 9.17) is 0 Å². The predicted molar refractivity (Wildman–Crippen MR) is 87.8 cm³/mol. The van der Waals surface area contributed by atoms with Crippen LogP contribution in [0.4, 0.5) is 0 Å². The van der Waals surface area contributed by atoms with E-state index in [0.717, 1.165) is 25.7 Å². The number of nitrogens with zero attached hydrogens (tertiary/aromatic N) is 2. The molecule has 3 aliphatic rings. The molecular weight excluding hydrogens is 332 g/mol. The summed E-state index contributed by atoms with van der Waals surface area (Å²) in [5, 5.41) is 9.55. The minimum atomic E-state index is -3.22. The van der Waals surface area contributed by atoms with E-state index in [1.165, 1.54) is 10.6 Å². The molecule has 0 aromatic rings. The molecule has 2 aliphatic heterocycles. The van der Waals surface area contributed by atoms with Crippen molar-refractivity contribution in [3.63, 3.8) is 0 Å². The molecule has 24 heavy (non-hydrogen) atoms. The van der Waals surface area contributed by atoms with Crippen molar-refractivity contribution in [3.8, 4) is 0 Å². The normalized spacial score (nSPS) is 32.5. The molecule has 0 unspecified atom stereocenters. The fraction of sp³-hybridized carbons (Fsp3) is 0.875. The monoisotopic (exact) mass is 358 g/mol. The van der Waals surface area contributed by atoms with Crippen LogP contribution in [-0.4, -0.2) is 66.0 Å². The van der Waals surface area contributed by atoms with Crippen molar-refractivity contribution in [2.75, 3.05) is 19.3 Å². The van der Waals surface area contributed by atoms with Gasteiger partial charge in [-0.3, -0.25) is 4.79 Å². The summed E-state index contributed by atoms with van der Waals surface area (Å²) in [5.41, 5.74) is 0. The molecule has 1 amide bonds. The Morgan fingerprint density at radius 1 is 1.04 bits per heavy atom. The highest BCUT2D eigenvalue weighted by Gasteiger charge is 2.49. The van der Waals surface area contributed by atoms with Crippen LogP contribution in [0.1, 0.15) is 44.9 Å². The maximum Gasteiger partial charge on any atom is 0.326 e. The fourth-order valence-corrected chi connectivity index (χ4v) is 5.52. The summed E-state index contributed by atoms with van der Waals surface area (Å²) in [7, 11) is -3.22. The molecule has 1 saturated carbocycles. The van der Waals surface area contributed by atoms with Crippen LogP contribution in [0.3, 0.4) is 0 Å². The quantitative estimate of drug-likeness (QED) is 0.809. The van der Waals surface area contributed by atoms with Gasteiger partial charge < -0.3 is 10.0 Å². The van der Waals surface area contributed by atoms with E-state index >= 15 is 0 Å². The van der Waals surface area contributed by atoms with E-state index in [-0.39, 0.29) is 17.9 Å². The van der Waals surface area contributed by atoms with E-state index in [0.29, 0.717) is 38.3 Å². The van der Waals surface area contributed by atoms with Gasteiger partial charge >= 0.3 is 5.97 Å². The molecule has 2 saturated heterocycles. The molecule has 136 valence electrons. The molecule has 7 nitrogen and oxygen atoms in total. The number of carbonyl (C=O) groups is 2. The number of fused-ring (bicyclic) bond motifs is 1. The van der Waals surface area contributed by atoms with Crippen LogP contribution < -0.4 is 0 Å². The van der Waals surface area contributed by atoms with Crippen LogP contribution in [0.2, 0.25) is 0 Å². The number of carboxylic acid groups (broad SMARTS) is 1. The summed E-state index contributed by atoms with van der Waals surface area (Å²) in [6.07, 6.45) is 6.76. The minimum absolute atomic E-state index is 0.0558. The first kappa shape index (κ1) is 17.7. The number of amides is 1. The lowest BCUT2D eigenvalue weighted by Gasteiger charge is -2.37. The fourth-order valence-electron chi connectivity index (χ4n) is 4.64. The molecule has 0 spiro atoms. The molecule has 3 atom stereocenters. The molecule has 0 aromatic heterocycles. The third kappa shape index (κ3) is 3.31. The summed E-state index contributed by atoms with van der Waals surface area (Å²) >= 11 is 0. The zero-order chi connectivity index (χ0) is 17.5. The SMILES string of the molecule is CS(=O)(=O)N1CCC(C(=O)N2[C@H](C(=O)O)C[C@H]3CCCC[C@@H]32)CC1. The lowest BCUT2D eigenvalue weighted by Crippen LogP contribution is -2.51. The van der Waals surface area contributed by atoms with Crippen LogP contribution in [0.5, 0.6) is 0 Å². The number of rotatable bonds is 3. The van der Waals surface area contributed by atoms with Gasteiger partial charge in [-0.05, 0) is 38.0 Å². The van der Waals surface area contributed by atoms with Crippen molar-refractivity contribution in [3.05, 3.63) is 0 Å². The molecule has 3 fully saturated rings. The molecule has 0 aromatic carbocycles. The third-order valence-electron chi connectivity index (χ3n) is 5.90. The Balaban J connectivity index is 1.72. The lowest BCUT2D eigenvalue weighted by molar-refractivity contribution is -0.152. The summed E-state index contributed by atoms with van der Waals surface area (Å²) in [6, 6.07) is -0.654. The van der Waals surface area contributed by atoms with Crippen molar-refractivity contribution in [1.82, 2.24) is 9.21 Å². The Kier molecular flexibility index (Phi) is 4.88. The van der Waals surface area contributed by atoms with Gasteiger partial charge in [-0.15, -0.1) is 0 Å². The van der Waals surface area contributed by atoms with E-state index in [1.807, 2.05) is 0 Å². The zero-order valence-corrected chi connectivity index (χ0v) is 14.9. The molecule has 2 heterocycles. The Morgan fingerprint density at radius 3 is 2.25 bits per heavy atom. The van der Waals surface area contributed by atoms with Gasteiger partial charge in [0.25, 0.3) is 0 Å². The number of aliphatic carboxylic acids is 1. The third-order valence-corrected chi connectivity index (χ3v) is 7.20. The zero-order valence-electron chi connectivity index (χ0n) is 14.1. The Labute approximate surface area is 143 Å². The van der Waals surface area contributed by atoms with E-state index in [9.17, 15) is 23.1 Å². The van der Waals surface area contributed by atoms with Gasteiger partial charge in [-0.2, -0.15) is 0 Å². The van der Waals surface area contributed by atoms with E-state index < -0.39 is 22.0 Å². The molecule has 0 bridgehead atoms. The number of hydrogen-bond donors (Lipinski definition) is 1. The van der Waals surface area contributed by atoms with Gasteiger partial charge in [0, 0.05) is 25.0 Å². The Bertz CT molecular complexity index is 612. The van der Waals surface area contributed by atoms with Gasteiger partial charge in [0.2, 0.25) is 15.9 Å². The topological polar surface area (TPSA) is 95.0 Å². The average molecular weight is 358 g/mol. The smallest absolute Gasteiger partial charge is 0.326 e. The summed E-state index contributed by atoms with van der Waals surface area (Å²) in [4.78, 5) is 26.3. The van der Waals surface area contributed by atoms with Crippen molar-refractivity contribution in [2.45, 2.75) is 57.0 Å². The summed E-state index contributed by atoms with van der Waals surface area (Å²) < 4.78 is 24.6. The predicted octanol–water partition coefficient (Wildman–Crippen LogP) is 0.902. The minimum Gasteiger partial charge on any atom is -0.480 e. The number of likely N-dealkylation sites (tertiary alicyclic amines) is 1. The standard InChI is InChI=1S/C16H26N2O5S/c1-24(22,23)17-8-6-11(7-9-17)15(19)18-13-5-3-2-4-12(13)10-14(18)16(20)21/h11-14H,2-10H2,1H3,(H,20,21)/t12-,13+,14+/m1/s1. The van der Waals surface area contributed by atoms with Gasteiger partial charge in [-0.25, -0.2) is 17.5 Å². The van der Waals surface area contributed by atoms with Gasteiger partial charge in [-0.1, -0.05) is 12.8 Å². The second-order valence-electron chi connectivity index (χ2n) is 7.38. The van der Waals surface area contributed by atoms with Gasteiger partial charge in [0.1, 0.15) is 6.04 Å². The highest BCUT2D eigenvalue weighted by atomic mass is 32.2. The second-order valence-corrected chi connectivity index (χ2v) is 9.37. The number of sulfonamides is 1. The first-order valence-corrected chi connectivity index (χ1v) is 10.6. The highest BCUT2D eigenvalue weighted by molar-refractivity contribution is 7.88. The second kappa shape index (κ2) is 6.63. The maximum atomic E-state index is 13.0. The van der Waals surface area contributed by atoms with Crippen molar-refractivity contribution in [2.24, 2.45) is 11.8 Å². The van der Waals surface area contributed by atoms with Gasteiger partial charge in [0.05, 0.1) is 6.26 Å². The number of hydrogen-bond acceptors (Lipinski definition) is 4. The largest absolute Gasteiger partial charge is 0.480 e. The van der Waals surface area contributed by atoms with Crippen LogP contribution in [0, 0.1) is 11.8 Å². The lowest BCUT2D eigenvalue weighted by atomic mass is 9.84. The number of piperidine rings is 1. The molecule has 3 rings (SSSR count). The molecular formula is C16H26N2O5S. The van der Waals surface area contributed by atoms with E-state index in [1.54, 1.807) is 4.90 Å². The van der Waals surface area contributed by atoms with Gasteiger partial charge in [0.15, 0.2) is 0 Å². The summed E-state index contributed by atoms with van der Waals surface area (Å²) in [5.74, 6) is -0.943. The van der Waals surface area contributed by atoms with Crippen LogP contribution in [0.25, 0.3) is 0 Å². The molecule has 0 radical (unpaired) electrons. The van der Waals surface area contributed by atoms with Crippen molar-refractivity contribution < 1.29 is 23.1 Å². The maximum absolute atomic E-state index is 13.0. The summed E-state index contributed by atoms with van der Waals surface area (Å²) in [6.45, 7) is 0.684. The Hall–Kier alpha value is -1.15. The van der Waals surface area contributed by atoms with Crippen LogP contribution >= 0.6 is 0 Å². The number of carbonyl (C=O) groups excluding carboxylic acids is 1. The molecule has 1 N–H and O–H groups in total. The Morgan fingerprint density at radius 2 is 1.67 bits per heavy atom. The number of carboxylic acids is 1. The van der Waals surface area contributed by atoms with Crippen LogP contribution in [-0.2, 0) is 19.6 Å². The van der Waals surface area contributed by atoms with Crippen LogP contribution in [0.15, 0.2) is 0 Å². The first-order valence-electron chi connectivity index (χ1n) is 8.79. The first-order chi connectivity index (χ1) is 11.3. The average Bonchev–Trinajstić information content (AvgIpc) is 2.93. The van der Waals surface area contributed by atoms with Crippen molar-refractivity contribution in [1.29, 1.82) is 0 Å². The van der Waals surface area contributed by atoms with Crippen molar-refractivity contribution >= 4 is 21.9 Å². The highest BCUT2D eigenvalue weighted by Crippen LogP contribution is 2.41. The molecule has 8 heteroatoms. The van der Waals surface area contributed by atoms with E-state index in [2.05, 4.69) is 0 Å². The molecule has 1 aliphatic carbocycles.